The van der Waals surface area contributed by atoms with Crippen LogP contribution in [0.4, 0.5) is 0 Å². The maximum atomic E-state index is 12.5. The molecule has 1 aromatic rings. The van der Waals surface area contributed by atoms with E-state index in [4.69, 9.17) is 9.47 Å². The van der Waals surface area contributed by atoms with E-state index in [0.29, 0.717) is 5.57 Å². The third kappa shape index (κ3) is 2.06. The number of carbonyl (C=O) groups excluding carboxylic acids is 2. The van der Waals surface area contributed by atoms with Gasteiger partial charge in [-0.1, -0.05) is 48.6 Å². The lowest BCUT2D eigenvalue weighted by Crippen LogP contribution is -2.39. The molecule has 0 unspecified atom stereocenters. The van der Waals surface area contributed by atoms with E-state index in [0.717, 1.165) is 12.0 Å². The molecule has 1 heterocycles. The Morgan fingerprint density at radius 3 is 2.83 bits per heavy atom. The van der Waals surface area contributed by atoms with E-state index >= 15 is 0 Å². The Balaban J connectivity index is 1.89. The summed E-state index contributed by atoms with van der Waals surface area (Å²) < 4.78 is 10.9. The molecule has 0 saturated heterocycles. The molecule has 122 valence electrons. The maximum Gasteiger partial charge on any atom is 0.347 e. The molecule has 4 heteroatoms. The zero-order valence-electron chi connectivity index (χ0n) is 13.4. The monoisotopic (exact) mass is 322 g/mol. The zero-order valence-corrected chi connectivity index (χ0v) is 13.4. The van der Waals surface area contributed by atoms with Gasteiger partial charge in [0.2, 0.25) is 0 Å². The van der Waals surface area contributed by atoms with Gasteiger partial charge in [0.15, 0.2) is 11.2 Å². The maximum absolute atomic E-state index is 12.5. The summed E-state index contributed by atoms with van der Waals surface area (Å²) in [4.78, 5) is 24.8. The summed E-state index contributed by atoms with van der Waals surface area (Å²) in [5.74, 6) is -0.959. The predicted molar refractivity (Wildman–Crippen MR) is 88.1 cm³/mol. The lowest BCUT2D eigenvalue weighted by molar-refractivity contribution is -0.149. The van der Waals surface area contributed by atoms with Crippen molar-refractivity contribution in [2.24, 2.45) is 5.92 Å². The van der Waals surface area contributed by atoms with Crippen molar-refractivity contribution in [1.29, 1.82) is 0 Å². The van der Waals surface area contributed by atoms with Crippen LogP contribution in [0.15, 0.2) is 65.8 Å². The Morgan fingerprint density at radius 1 is 1.29 bits per heavy atom. The van der Waals surface area contributed by atoms with Gasteiger partial charge >= 0.3 is 11.9 Å². The Bertz CT molecular complexity index is 787. The van der Waals surface area contributed by atoms with E-state index < -0.39 is 17.5 Å². The Hall–Kier alpha value is -2.62. The third-order valence-electron chi connectivity index (χ3n) is 4.96. The van der Waals surface area contributed by atoms with Gasteiger partial charge in [0.25, 0.3) is 0 Å². The molecule has 3 aliphatic carbocycles. The van der Waals surface area contributed by atoms with Gasteiger partial charge in [0, 0.05) is 11.5 Å². The number of ether oxygens (including phenoxy) is 2. The molecule has 0 aromatic heterocycles. The predicted octanol–water partition coefficient (Wildman–Crippen LogP) is 3.07. The number of hydrogen-bond acceptors (Lipinski definition) is 4. The number of esters is 2. The van der Waals surface area contributed by atoms with Crippen LogP contribution in [0.1, 0.15) is 24.8 Å². The minimum atomic E-state index is -0.913. The van der Waals surface area contributed by atoms with Crippen LogP contribution >= 0.6 is 0 Å². The molecule has 1 aromatic carbocycles. The van der Waals surface area contributed by atoms with Crippen molar-refractivity contribution in [1.82, 2.24) is 0 Å². The molecule has 0 amide bonds. The van der Waals surface area contributed by atoms with Crippen molar-refractivity contribution >= 4 is 11.9 Å². The van der Waals surface area contributed by atoms with Crippen LogP contribution in [0.25, 0.3) is 0 Å². The quantitative estimate of drug-likeness (QED) is 0.487. The number of carbonyl (C=O) groups is 2. The van der Waals surface area contributed by atoms with Gasteiger partial charge in [-0.25, -0.2) is 9.59 Å². The summed E-state index contributed by atoms with van der Waals surface area (Å²) in [7, 11) is 0. The third-order valence-corrected chi connectivity index (χ3v) is 4.96. The highest BCUT2D eigenvalue weighted by atomic mass is 16.6. The fourth-order valence-corrected chi connectivity index (χ4v) is 3.90. The largest absolute Gasteiger partial charge is 0.462 e. The van der Waals surface area contributed by atoms with Crippen molar-refractivity contribution < 1.29 is 19.1 Å². The van der Waals surface area contributed by atoms with Crippen molar-refractivity contribution in [3.05, 3.63) is 71.3 Å². The van der Waals surface area contributed by atoms with Crippen LogP contribution < -0.4 is 0 Å². The van der Waals surface area contributed by atoms with E-state index in [9.17, 15) is 9.59 Å². The van der Waals surface area contributed by atoms with Crippen LogP contribution in [-0.2, 0) is 19.1 Å². The molecule has 4 nitrogen and oxygen atoms in total. The summed E-state index contributed by atoms with van der Waals surface area (Å²) in [6.07, 6.45) is 8.75. The fraction of sp³-hybridized carbons (Fsp3) is 0.300. The second kappa shape index (κ2) is 5.48. The van der Waals surface area contributed by atoms with Crippen molar-refractivity contribution in [3.63, 3.8) is 0 Å². The van der Waals surface area contributed by atoms with Crippen LogP contribution in [0.2, 0.25) is 0 Å². The molecule has 24 heavy (non-hydrogen) atoms. The number of fused-ring (bicyclic) bond motifs is 1. The average Bonchev–Trinajstić information content (AvgIpc) is 2.71. The molecule has 0 N–H and O–H groups in total. The number of rotatable bonds is 3. The normalized spacial score (nSPS) is 30.1. The Kier molecular flexibility index (Phi) is 3.41. The van der Waals surface area contributed by atoms with Crippen LogP contribution in [0.5, 0.6) is 0 Å². The summed E-state index contributed by atoms with van der Waals surface area (Å²) in [5, 5.41) is 0. The van der Waals surface area contributed by atoms with Crippen LogP contribution in [0.3, 0.4) is 0 Å². The molecule has 2 bridgehead atoms. The van der Waals surface area contributed by atoms with Crippen LogP contribution in [-0.4, -0.2) is 24.1 Å². The highest BCUT2D eigenvalue weighted by Crippen LogP contribution is 2.52. The summed E-state index contributed by atoms with van der Waals surface area (Å²) >= 11 is 0. The zero-order chi connectivity index (χ0) is 16.7. The lowest BCUT2D eigenvalue weighted by Gasteiger charge is -2.38. The molecule has 3 atom stereocenters. The minimum Gasteiger partial charge on any atom is -0.462 e. The van der Waals surface area contributed by atoms with Gasteiger partial charge in [-0.2, -0.15) is 0 Å². The van der Waals surface area contributed by atoms with E-state index in [-0.39, 0.29) is 24.0 Å². The van der Waals surface area contributed by atoms with Crippen molar-refractivity contribution in [2.45, 2.75) is 24.9 Å². The molecule has 0 fully saturated rings. The van der Waals surface area contributed by atoms with Gasteiger partial charge in [-0.15, -0.1) is 0 Å². The summed E-state index contributed by atoms with van der Waals surface area (Å²) in [6, 6.07) is 10.0. The second-order valence-corrected chi connectivity index (χ2v) is 6.27. The van der Waals surface area contributed by atoms with E-state index in [2.05, 4.69) is 6.08 Å². The Morgan fingerprint density at radius 2 is 2.08 bits per heavy atom. The molecule has 1 aliphatic heterocycles. The molecular weight excluding hydrogens is 304 g/mol. The first-order valence-electron chi connectivity index (χ1n) is 8.23. The SMILES string of the molecule is CCOC(=O)C1=C2C=C[C@H]3C=C[C@]2(OC1=O)[C@@H](c1ccccc1)C3. The standard InChI is InChI=1S/C20H18O4/c1-2-23-18(21)17-15-9-8-13-10-11-20(15,24-19(17)22)16(12-13)14-6-4-3-5-7-14/h3-11,13,16H,2,12H2,1H3/t13-,16+,20+/m0/s1. The van der Waals surface area contributed by atoms with E-state index in [1.807, 2.05) is 48.6 Å². The van der Waals surface area contributed by atoms with Crippen LogP contribution in [0, 0.1) is 5.92 Å². The summed E-state index contributed by atoms with van der Waals surface area (Å²) in [5.41, 5.74) is 0.840. The van der Waals surface area contributed by atoms with Gasteiger partial charge in [-0.05, 0) is 30.9 Å². The van der Waals surface area contributed by atoms with Gasteiger partial charge < -0.3 is 9.47 Å². The topological polar surface area (TPSA) is 52.6 Å². The van der Waals surface area contributed by atoms with Crippen molar-refractivity contribution in [2.75, 3.05) is 6.61 Å². The molecule has 1 spiro atoms. The molecule has 0 radical (unpaired) electrons. The van der Waals surface area contributed by atoms with E-state index in [1.165, 1.54) is 0 Å². The average molecular weight is 322 g/mol. The van der Waals surface area contributed by atoms with Gasteiger partial charge in [0.1, 0.15) is 0 Å². The smallest absolute Gasteiger partial charge is 0.347 e. The second-order valence-electron chi connectivity index (χ2n) is 6.27. The molecule has 5 rings (SSSR count). The van der Waals surface area contributed by atoms with Crippen molar-refractivity contribution in [3.8, 4) is 0 Å². The van der Waals surface area contributed by atoms with E-state index in [1.54, 1.807) is 6.92 Å². The van der Waals surface area contributed by atoms with Gasteiger partial charge in [-0.3, -0.25) is 0 Å². The Labute approximate surface area is 140 Å². The highest BCUT2D eigenvalue weighted by molar-refractivity contribution is 6.17. The molecule has 0 saturated carbocycles. The summed E-state index contributed by atoms with van der Waals surface area (Å²) in [6.45, 7) is 1.95. The highest BCUT2D eigenvalue weighted by Gasteiger charge is 2.55. The lowest BCUT2D eigenvalue weighted by atomic mass is 9.71. The first-order chi connectivity index (χ1) is 11.7. The number of allylic oxidation sites excluding steroid dienone is 2. The fourth-order valence-electron chi connectivity index (χ4n) is 3.90. The first-order valence-corrected chi connectivity index (χ1v) is 8.23. The number of benzene rings is 1. The number of hydrogen-bond donors (Lipinski definition) is 0. The van der Waals surface area contributed by atoms with Gasteiger partial charge in [0.05, 0.1) is 6.61 Å². The molecular formula is C20H18O4. The molecule has 4 aliphatic rings. The minimum absolute atomic E-state index is 0.0189. The first kappa shape index (κ1) is 14.9.